The molecule has 0 unspecified atom stereocenters. The Morgan fingerprint density at radius 3 is 0.947 bits per heavy atom. The molecule has 3 nitrogen and oxygen atoms in total. The van der Waals surface area contributed by atoms with Crippen molar-refractivity contribution in [2.75, 3.05) is 0 Å². The highest BCUT2D eigenvalue weighted by Crippen LogP contribution is 2.47. The number of hydrogen-bond acceptors (Lipinski definition) is 0. The summed E-state index contributed by atoms with van der Waals surface area (Å²) in [5, 5.41) is 7.28. The van der Waals surface area contributed by atoms with E-state index >= 15 is 0 Å². The molecule has 0 N–H and O–H groups in total. The van der Waals surface area contributed by atoms with Crippen LogP contribution in [0, 0.1) is 0 Å². The van der Waals surface area contributed by atoms with E-state index in [0.717, 1.165) is 50.3 Å². The molecule has 0 amide bonds. The Kier molecular flexibility index (Phi) is 9.89. The molecule has 0 fully saturated rings. The van der Waals surface area contributed by atoms with Gasteiger partial charge in [0.25, 0.3) is 0 Å². The Hall–Kier alpha value is -9.96. The van der Waals surface area contributed by atoms with Gasteiger partial charge in [-0.1, -0.05) is 224 Å². The van der Waals surface area contributed by atoms with Crippen LogP contribution in [-0.2, 0) is 0 Å². The van der Waals surface area contributed by atoms with Crippen LogP contribution < -0.4 is 0 Å². The van der Waals surface area contributed by atoms with Gasteiger partial charge in [0.15, 0.2) is 0 Å². The fourth-order valence-electron chi connectivity index (χ4n) is 12.2. The van der Waals surface area contributed by atoms with E-state index in [-0.39, 0.29) is 0 Å². The Morgan fingerprint density at radius 2 is 0.493 bits per heavy atom. The molecule has 0 bridgehead atoms. The summed E-state index contributed by atoms with van der Waals surface area (Å²) >= 11 is 0. The first-order chi connectivity index (χ1) is 37.3. The maximum absolute atomic E-state index is 2.57. The van der Waals surface area contributed by atoms with Crippen LogP contribution in [-0.4, -0.2) is 13.7 Å². The van der Waals surface area contributed by atoms with Crippen LogP contribution >= 0.6 is 0 Å². The normalized spacial score (nSPS) is 11.7. The Balaban J connectivity index is 1.08. The number of rotatable bonds is 8. The van der Waals surface area contributed by atoms with Gasteiger partial charge in [0, 0.05) is 43.4 Å². The minimum absolute atomic E-state index is 1.10. The fourth-order valence-corrected chi connectivity index (χ4v) is 12.2. The zero-order chi connectivity index (χ0) is 49.4. The molecule has 3 heterocycles. The number of para-hydroxylation sites is 6. The van der Waals surface area contributed by atoms with Crippen LogP contribution in [0.5, 0.6) is 0 Å². The Labute approximate surface area is 434 Å². The van der Waals surface area contributed by atoms with Crippen molar-refractivity contribution < 1.29 is 0 Å². The van der Waals surface area contributed by atoms with E-state index in [1.54, 1.807) is 0 Å². The first kappa shape index (κ1) is 42.7. The van der Waals surface area contributed by atoms with Crippen LogP contribution in [0.3, 0.4) is 0 Å². The number of nitrogens with zero attached hydrogens (tertiary/aromatic N) is 3. The zero-order valence-electron chi connectivity index (χ0n) is 41.0. The molecule has 350 valence electrons. The van der Waals surface area contributed by atoms with Crippen LogP contribution in [0.4, 0.5) is 0 Å². The fraction of sp³-hybridized carbons (Fsp3) is 0. The van der Waals surface area contributed by atoms with E-state index in [0.29, 0.717) is 0 Å². The molecule has 15 rings (SSSR count). The van der Waals surface area contributed by atoms with Crippen molar-refractivity contribution in [1.29, 1.82) is 0 Å². The molecule has 0 aliphatic heterocycles. The van der Waals surface area contributed by atoms with Gasteiger partial charge < -0.3 is 13.7 Å². The molecule has 0 aliphatic carbocycles. The third kappa shape index (κ3) is 6.75. The second kappa shape index (κ2) is 17.4. The molecule has 0 aliphatic rings. The van der Waals surface area contributed by atoms with Gasteiger partial charge in [0.05, 0.1) is 50.2 Å². The Bertz CT molecular complexity index is 4460. The van der Waals surface area contributed by atoms with Crippen molar-refractivity contribution in [3.05, 3.63) is 285 Å². The molecule has 0 radical (unpaired) electrons. The van der Waals surface area contributed by atoms with E-state index < -0.39 is 0 Å². The summed E-state index contributed by atoms with van der Waals surface area (Å²) in [6.07, 6.45) is 0. The van der Waals surface area contributed by atoms with Crippen molar-refractivity contribution in [1.82, 2.24) is 13.7 Å². The van der Waals surface area contributed by atoms with Crippen molar-refractivity contribution in [3.8, 4) is 72.7 Å². The molecule has 0 saturated heterocycles. The molecular formula is C72H47N3. The summed E-state index contributed by atoms with van der Waals surface area (Å²) in [6.45, 7) is 0. The van der Waals surface area contributed by atoms with E-state index in [1.807, 2.05) is 0 Å². The maximum atomic E-state index is 2.57. The van der Waals surface area contributed by atoms with E-state index in [1.165, 1.54) is 87.9 Å². The average molecular weight is 954 g/mol. The molecule has 12 aromatic carbocycles. The highest BCUT2D eigenvalue weighted by molar-refractivity contribution is 6.15. The van der Waals surface area contributed by atoms with Gasteiger partial charge in [0.1, 0.15) is 0 Å². The summed E-state index contributed by atoms with van der Waals surface area (Å²) in [4.78, 5) is 0. The highest BCUT2D eigenvalue weighted by atomic mass is 15.1. The summed E-state index contributed by atoms with van der Waals surface area (Å²) in [5.41, 5.74) is 22.1. The largest absolute Gasteiger partial charge is 0.309 e. The van der Waals surface area contributed by atoms with Gasteiger partial charge in [0.2, 0.25) is 0 Å². The molecule has 75 heavy (non-hydrogen) atoms. The van der Waals surface area contributed by atoms with E-state index in [4.69, 9.17) is 0 Å². The number of hydrogen-bond donors (Lipinski definition) is 0. The third-order valence-electron chi connectivity index (χ3n) is 15.5. The minimum Gasteiger partial charge on any atom is -0.309 e. The van der Waals surface area contributed by atoms with Crippen LogP contribution in [0.15, 0.2) is 285 Å². The lowest BCUT2D eigenvalue weighted by molar-refractivity contribution is 1.09. The van der Waals surface area contributed by atoms with Gasteiger partial charge in [-0.25, -0.2) is 0 Å². The van der Waals surface area contributed by atoms with Gasteiger partial charge in [-0.15, -0.1) is 0 Å². The number of fused-ring (bicyclic) bond motifs is 9. The first-order valence-corrected chi connectivity index (χ1v) is 25.8. The molecular weight excluding hydrogens is 907 g/mol. The lowest BCUT2D eigenvalue weighted by atomic mass is 9.92. The van der Waals surface area contributed by atoms with E-state index in [9.17, 15) is 0 Å². The van der Waals surface area contributed by atoms with Crippen LogP contribution in [0.25, 0.3) is 138 Å². The molecule has 0 saturated carbocycles. The molecule has 3 aromatic heterocycles. The summed E-state index contributed by atoms with van der Waals surface area (Å²) in [7, 11) is 0. The zero-order valence-corrected chi connectivity index (χ0v) is 41.0. The van der Waals surface area contributed by atoms with Crippen LogP contribution in [0.2, 0.25) is 0 Å². The predicted octanol–water partition coefficient (Wildman–Crippen LogP) is 19.3. The lowest BCUT2D eigenvalue weighted by Crippen LogP contribution is -2.07. The van der Waals surface area contributed by atoms with Crippen molar-refractivity contribution >= 4 is 65.4 Å². The summed E-state index contributed by atoms with van der Waals surface area (Å²) in [5.74, 6) is 0. The number of benzene rings is 12. The molecule has 0 spiro atoms. The highest BCUT2D eigenvalue weighted by Gasteiger charge is 2.26. The van der Waals surface area contributed by atoms with Crippen molar-refractivity contribution in [2.45, 2.75) is 0 Å². The van der Waals surface area contributed by atoms with Gasteiger partial charge in [-0.05, 0) is 105 Å². The summed E-state index contributed by atoms with van der Waals surface area (Å²) < 4.78 is 7.54. The van der Waals surface area contributed by atoms with Gasteiger partial charge >= 0.3 is 0 Å². The van der Waals surface area contributed by atoms with E-state index in [2.05, 4.69) is 299 Å². The molecule has 0 atom stereocenters. The Morgan fingerprint density at radius 1 is 0.173 bits per heavy atom. The standard InChI is InChI=1S/C72H47N3/c1-3-22-48(23-4-1)52-26-7-9-28-54(52)50-42-44-69-62(46-50)63-47-51(55-29-10-8-27-53(55)49-24-5-2-6-25-49)43-45-70(63)75(69)72-61(35-21-41-71(72)74-66-38-18-13-32-58(66)59-33-14-19-39-67(59)74)60-34-15-20-40-68(60)73-64-36-16-11-30-56(64)57-31-12-17-37-65(57)73/h1-47H. The van der Waals surface area contributed by atoms with Crippen LogP contribution in [0.1, 0.15) is 0 Å². The van der Waals surface area contributed by atoms with Crippen molar-refractivity contribution in [2.24, 2.45) is 0 Å². The second-order valence-corrected chi connectivity index (χ2v) is 19.6. The molecule has 15 aromatic rings. The second-order valence-electron chi connectivity index (χ2n) is 19.6. The summed E-state index contributed by atoms with van der Waals surface area (Å²) in [6, 6.07) is 105. The minimum atomic E-state index is 1.10. The predicted molar refractivity (Wildman–Crippen MR) is 317 cm³/mol. The topological polar surface area (TPSA) is 14.8 Å². The SMILES string of the molecule is c1ccc(-c2ccccc2-c2ccc3c(c2)c2cc(-c4ccccc4-c4ccccc4)ccc2n3-c2c(-c3ccccc3-n3c4ccccc4c4ccccc43)cccc2-n2c3ccccc3c3ccccc32)cc1. The first-order valence-electron chi connectivity index (χ1n) is 25.8. The third-order valence-corrected chi connectivity index (χ3v) is 15.5. The quantitative estimate of drug-likeness (QED) is 0.144. The number of aromatic nitrogens is 3. The van der Waals surface area contributed by atoms with Gasteiger partial charge in [-0.3, -0.25) is 0 Å². The molecule has 3 heteroatoms. The van der Waals surface area contributed by atoms with Crippen molar-refractivity contribution in [3.63, 3.8) is 0 Å². The maximum Gasteiger partial charge on any atom is 0.0782 e. The lowest BCUT2D eigenvalue weighted by Gasteiger charge is -2.22. The average Bonchev–Trinajstić information content (AvgIpc) is 4.13. The monoisotopic (exact) mass is 953 g/mol. The smallest absolute Gasteiger partial charge is 0.0782 e. The van der Waals surface area contributed by atoms with Gasteiger partial charge in [-0.2, -0.15) is 0 Å².